The van der Waals surface area contributed by atoms with E-state index in [0.29, 0.717) is 5.92 Å². The lowest BCUT2D eigenvalue weighted by atomic mass is 9.58. The van der Waals surface area contributed by atoms with Crippen molar-refractivity contribution in [1.82, 2.24) is 4.98 Å². The van der Waals surface area contributed by atoms with Crippen molar-refractivity contribution in [3.8, 4) is 22.3 Å². The van der Waals surface area contributed by atoms with Gasteiger partial charge in [-0.3, -0.25) is 4.98 Å². The van der Waals surface area contributed by atoms with Gasteiger partial charge in [0.15, 0.2) is 0 Å². The minimum Gasteiger partial charge on any atom is -0.264 e. The van der Waals surface area contributed by atoms with Crippen molar-refractivity contribution >= 4 is 22.9 Å². The molecule has 0 spiro atoms. The molecule has 0 saturated heterocycles. The second-order valence-corrected chi connectivity index (χ2v) is 12.0. The third-order valence-electron chi connectivity index (χ3n) is 8.43. The van der Waals surface area contributed by atoms with E-state index in [4.69, 9.17) is 0 Å². The number of nitrogens with zero attached hydrogens (tertiary/aromatic N) is 1. The molecule has 7 rings (SSSR count). The molecule has 1 nitrogen and oxygen atoms in total. The molecular weight excluding hydrogens is 446 g/mol. The van der Waals surface area contributed by atoms with Crippen LogP contribution in [0.4, 0.5) is 0 Å². The van der Waals surface area contributed by atoms with Crippen molar-refractivity contribution in [3.63, 3.8) is 0 Å². The highest BCUT2D eigenvalue weighted by molar-refractivity contribution is 5.95. The van der Waals surface area contributed by atoms with Crippen LogP contribution in [-0.4, -0.2) is 4.98 Å². The average Bonchev–Trinajstić information content (AvgIpc) is 2.90. The van der Waals surface area contributed by atoms with Gasteiger partial charge in [0.2, 0.25) is 0 Å². The summed E-state index contributed by atoms with van der Waals surface area (Å²) in [5.74, 6) is 0.300. The molecule has 0 saturated carbocycles. The lowest BCUT2D eigenvalue weighted by Crippen LogP contribution is -2.32. The number of pyridine rings is 1. The smallest absolute Gasteiger partial charge is 0.0346 e. The van der Waals surface area contributed by atoms with E-state index in [9.17, 15) is 0 Å². The van der Waals surface area contributed by atoms with Crippen LogP contribution in [0.15, 0.2) is 109 Å². The summed E-state index contributed by atoms with van der Waals surface area (Å²) in [6, 6.07) is 22.1. The normalized spacial score (nSPS) is 21.5. The molecule has 0 fully saturated rings. The fraction of sp³-hybridized carbons (Fsp3) is 0.194. The van der Waals surface area contributed by atoms with E-state index in [1.807, 2.05) is 18.5 Å². The molecule has 4 aromatic rings. The van der Waals surface area contributed by atoms with Crippen LogP contribution in [0, 0.1) is 10.8 Å². The average molecular weight is 478 g/mol. The van der Waals surface area contributed by atoms with Gasteiger partial charge in [0.1, 0.15) is 0 Å². The maximum absolute atomic E-state index is 4.48. The van der Waals surface area contributed by atoms with E-state index >= 15 is 0 Å². The van der Waals surface area contributed by atoms with Crippen molar-refractivity contribution in [2.24, 2.45) is 10.8 Å². The first-order chi connectivity index (χ1) is 17.8. The molecule has 0 N–H and O–H groups in total. The summed E-state index contributed by atoms with van der Waals surface area (Å²) >= 11 is 0. The molecule has 37 heavy (non-hydrogen) atoms. The molecule has 0 amide bonds. The van der Waals surface area contributed by atoms with Gasteiger partial charge in [-0.1, -0.05) is 107 Å². The van der Waals surface area contributed by atoms with E-state index < -0.39 is 0 Å². The fourth-order valence-corrected chi connectivity index (χ4v) is 6.49. The monoisotopic (exact) mass is 477 g/mol. The maximum Gasteiger partial charge on any atom is 0.0346 e. The summed E-state index contributed by atoms with van der Waals surface area (Å²) < 4.78 is 0. The zero-order valence-corrected chi connectivity index (χ0v) is 21.9. The second kappa shape index (κ2) is 7.76. The van der Waals surface area contributed by atoms with E-state index in [1.165, 1.54) is 55.3 Å². The highest BCUT2D eigenvalue weighted by atomic mass is 14.6. The van der Waals surface area contributed by atoms with Gasteiger partial charge in [-0.25, -0.2) is 0 Å². The summed E-state index contributed by atoms with van der Waals surface area (Å²) in [7, 11) is 0. The number of aromatic nitrogens is 1. The Morgan fingerprint density at radius 2 is 1.57 bits per heavy atom. The minimum absolute atomic E-state index is 0.0621. The first-order valence-electron chi connectivity index (χ1n) is 13.2. The summed E-state index contributed by atoms with van der Waals surface area (Å²) in [6.45, 7) is 9.36. The molecule has 0 aliphatic heterocycles. The van der Waals surface area contributed by atoms with Gasteiger partial charge in [0, 0.05) is 29.3 Å². The third-order valence-corrected chi connectivity index (χ3v) is 8.43. The zero-order valence-electron chi connectivity index (χ0n) is 21.9. The van der Waals surface area contributed by atoms with Gasteiger partial charge in [-0.05, 0) is 78.9 Å². The van der Waals surface area contributed by atoms with Crippen molar-refractivity contribution in [2.45, 2.75) is 33.6 Å². The highest BCUT2D eigenvalue weighted by Gasteiger charge is 2.44. The lowest BCUT2D eigenvalue weighted by molar-refractivity contribution is 0.431. The second-order valence-electron chi connectivity index (χ2n) is 12.0. The first-order valence-corrected chi connectivity index (χ1v) is 13.2. The number of benzene rings is 3. The summed E-state index contributed by atoms with van der Waals surface area (Å²) in [4.78, 5) is 4.48. The van der Waals surface area contributed by atoms with Crippen molar-refractivity contribution in [1.29, 1.82) is 0 Å². The Kier molecular flexibility index (Phi) is 4.67. The molecule has 180 valence electrons. The summed E-state index contributed by atoms with van der Waals surface area (Å²) in [6.07, 6.45) is 18.4. The molecule has 3 aromatic carbocycles. The quantitative estimate of drug-likeness (QED) is 0.280. The molecular formula is C36H31N. The molecule has 1 heteroatoms. The van der Waals surface area contributed by atoms with Crippen LogP contribution in [0.2, 0.25) is 0 Å². The fourth-order valence-electron chi connectivity index (χ4n) is 6.49. The van der Waals surface area contributed by atoms with Crippen LogP contribution in [0.1, 0.15) is 50.3 Å². The van der Waals surface area contributed by atoms with Gasteiger partial charge >= 0.3 is 0 Å². The topological polar surface area (TPSA) is 12.9 Å². The Labute approximate surface area is 219 Å². The minimum atomic E-state index is -0.0621. The Hall–Kier alpha value is -3.97. The van der Waals surface area contributed by atoms with Gasteiger partial charge in [-0.15, -0.1) is 0 Å². The highest BCUT2D eigenvalue weighted by Crippen LogP contribution is 2.58. The molecule has 2 unspecified atom stereocenters. The molecule has 0 bridgehead atoms. The number of allylic oxidation sites excluding steroid dienone is 6. The SMILES string of the molecule is CC(C)(C)C1=CC2(C)C=Cc3c(-c4cccnc4)cc(-c4ccc5ccccc5c4)c4c3C2C(=C1)C=C4. The van der Waals surface area contributed by atoms with Crippen LogP contribution >= 0.6 is 0 Å². The Morgan fingerprint density at radius 3 is 2.35 bits per heavy atom. The van der Waals surface area contributed by atoms with Crippen LogP contribution in [0.5, 0.6) is 0 Å². The van der Waals surface area contributed by atoms with E-state index in [1.54, 1.807) is 0 Å². The van der Waals surface area contributed by atoms with Crippen LogP contribution in [0.25, 0.3) is 45.2 Å². The zero-order chi connectivity index (χ0) is 25.4. The van der Waals surface area contributed by atoms with Gasteiger partial charge in [0.25, 0.3) is 0 Å². The Morgan fingerprint density at radius 1 is 0.784 bits per heavy atom. The predicted octanol–water partition coefficient (Wildman–Crippen LogP) is 9.62. The largest absolute Gasteiger partial charge is 0.264 e. The predicted molar refractivity (Wildman–Crippen MR) is 157 cm³/mol. The Balaban J connectivity index is 1.54. The molecule has 1 aromatic heterocycles. The summed E-state index contributed by atoms with van der Waals surface area (Å²) in [5.41, 5.74) is 12.0. The number of fused-ring (bicyclic) bond motifs is 1. The van der Waals surface area contributed by atoms with E-state index in [-0.39, 0.29) is 10.8 Å². The first kappa shape index (κ1) is 22.2. The van der Waals surface area contributed by atoms with Crippen LogP contribution < -0.4 is 0 Å². The van der Waals surface area contributed by atoms with Crippen LogP contribution in [-0.2, 0) is 0 Å². The van der Waals surface area contributed by atoms with Crippen molar-refractivity contribution in [3.05, 3.63) is 125 Å². The summed E-state index contributed by atoms with van der Waals surface area (Å²) in [5, 5.41) is 2.54. The standard InChI is InChI=1S/C36H31N/c1-35(2,3)28-19-26-13-14-29-31(25-12-11-23-8-5-6-9-24(23)18-25)20-32(27-10-7-17-37-22-27)30-15-16-36(4,21-28)34(26)33(29)30/h5-22,34H,1-4H3. The Bertz CT molecular complexity index is 1710. The number of hydrogen-bond donors (Lipinski definition) is 0. The third kappa shape index (κ3) is 3.41. The van der Waals surface area contributed by atoms with E-state index in [0.717, 1.165) is 5.56 Å². The van der Waals surface area contributed by atoms with E-state index in [2.05, 4.69) is 124 Å². The lowest BCUT2D eigenvalue weighted by Gasteiger charge is -2.45. The molecule has 3 aliphatic rings. The maximum atomic E-state index is 4.48. The van der Waals surface area contributed by atoms with Gasteiger partial charge in [0.05, 0.1) is 0 Å². The molecule has 3 aliphatic carbocycles. The van der Waals surface area contributed by atoms with Gasteiger partial charge < -0.3 is 0 Å². The molecule has 2 atom stereocenters. The molecule has 0 radical (unpaired) electrons. The van der Waals surface area contributed by atoms with Crippen molar-refractivity contribution < 1.29 is 0 Å². The van der Waals surface area contributed by atoms with Crippen molar-refractivity contribution in [2.75, 3.05) is 0 Å². The number of hydrogen-bond acceptors (Lipinski definition) is 1. The molecule has 1 heterocycles. The van der Waals surface area contributed by atoms with Crippen LogP contribution in [0.3, 0.4) is 0 Å². The van der Waals surface area contributed by atoms with Gasteiger partial charge in [-0.2, -0.15) is 0 Å². The number of rotatable bonds is 2.